The van der Waals surface area contributed by atoms with E-state index in [-0.39, 0.29) is 18.5 Å². The van der Waals surface area contributed by atoms with E-state index in [0.29, 0.717) is 47.5 Å². The van der Waals surface area contributed by atoms with Crippen molar-refractivity contribution in [3.8, 4) is 0 Å². The lowest BCUT2D eigenvalue weighted by Gasteiger charge is -2.29. The van der Waals surface area contributed by atoms with Crippen molar-refractivity contribution in [2.24, 2.45) is 0 Å². The molecule has 0 spiro atoms. The van der Waals surface area contributed by atoms with Crippen LogP contribution in [0.25, 0.3) is 0 Å². The van der Waals surface area contributed by atoms with Crippen LogP contribution in [0.3, 0.4) is 0 Å². The van der Waals surface area contributed by atoms with Gasteiger partial charge in [-0.1, -0.05) is 47.1 Å². The number of urea groups is 1. The molecule has 0 aliphatic carbocycles. The van der Waals surface area contributed by atoms with Crippen LogP contribution < -0.4 is 5.32 Å². The molecule has 3 aromatic rings. The van der Waals surface area contributed by atoms with Crippen molar-refractivity contribution in [2.75, 3.05) is 25.0 Å². The molecule has 9 heteroatoms. The van der Waals surface area contributed by atoms with Crippen LogP contribution in [-0.4, -0.2) is 51.5 Å². The van der Waals surface area contributed by atoms with Crippen molar-refractivity contribution in [3.05, 3.63) is 76.9 Å². The van der Waals surface area contributed by atoms with Gasteiger partial charge in [0.1, 0.15) is 6.04 Å². The highest BCUT2D eigenvalue weighted by Crippen LogP contribution is 2.27. The maximum Gasteiger partial charge on any atom is 0.321 e. The number of carbonyl (C=O) groups is 2. The first-order valence-corrected chi connectivity index (χ1v) is 10.4. The molecule has 1 atom stereocenters. The number of amides is 3. The smallest absolute Gasteiger partial charge is 0.321 e. The van der Waals surface area contributed by atoms with E-state index in [9.17, 15) is 9.59 Å². The van der Waals surface area contributed by atoms with E-state index in [1.165, 1.54) is 0 Å². The Balaban J connectivity index is 1.60. The molecule has 2 aromatic carbocycles. The lowest BCUT2D eigenvalue weighted by atomic mass is 10.1. The molecule has 1 aliphatic heterocycles. The standard InChI is InChI=1S/C22H22ClN5O3/c1-15-24-20(31-26-15)19-14-27(22(30)25-18-11-6-5-10-17(18)23)12-7-13-28(19)21(29)16-8-3-2-4-9-16/h2-6,8-11,19H,7,12-14H2,1H3,(H,25,30). The number of hydrogen-bond acceptors (Lipinski definition) is 5. The minimum atomic E-state index is -0.562. The van der Waals surface area contributed by atoms with Gasteiger partial charge in [0.15, 0.2) is 5.82 Å². The Morgan fingerprint density at radius 3 is 2.55 bits per heavy atom. The maximum absolute atomic E-state index is 13.3. The minimum Gasteiger partial charge on any atom is -0.337 e. The monoisotopic (exact) mass is 439 g/mol. The lowest BCUT2D eigenvalue weighted by Crippen LogP contribution is -2.41. The molecule has 0 bridgehead atoms. The molecule has 1 aromatic heterocycles. The van der Waals surface area contributed by atoms with Gasteiger partial charge in [0.25, 0.3) is 11.8 Å². The molecule has 3 amide bonds. The molecule has 31 heavy (non-hydrogen) atoms. The largest absolute Gasteiger partial charge is 0.337 e. The summed E-state index contributed by atoms with van der Waals surface area (Å²) < 4.78 is 5.41. The number of benzene rings is 2. The van der Waals surface area contributed by atoms with Gasteiger partial charge in [-0.05, 0) is 37.6 Å². The van der Waals surface area contributed by atoms with Crippen LogP contribution in [0.15, 0.2) is 59.1 Å². The third-order valence-electron chi connectivity index (χ3n) is 5.11. The summed E-state index contributed by atoms with van der Waals surface area (Å²) in [4.78, 5) is 33.9. The number of aryl methyl sites for hydroxylation is 1. The number of nitrogens with zero attached hydrogens (tertiary/aromatic N) is 4. The SMILES string of the molecule is Cc1noc(C2CN(C(=O)Nc3ccccc3Cl)CCCN2C(=O)c2ccccc2)n1. The molecule has 8 nitrogen and oxygen atoms in total. The second-order valence-electron chi connectivity index (χ2n) is 7.27. The zero-order valence-electron chi connectivity index (χ0n) is 17.0. The van der Waals surface area contributed by atoms with Crippen LogP contribution >= 0.6 is 11.6 Å². The summed E-state index contributed by atoms with van der Waals surface area (Å²) in [5, 5.41) is 7.18. The van der Waals surface area contributed by atoms with Gasteiger partial charge < -0.3 is 19.6 Å². The lowest BCUT2D eigenvalue weighted by molar-refractivity contribution is 0.0641. The van der Waals surface area contributed by atoms with E-state index >= 15 is 0 Å². The van der Waals surface area contributed by atoms with Crippen LogP contribution in [0.5, 0.6) is 0 Å². The van der Waals surface area contributed by atoms with Crippen molar-refractivity contribution in [2.45, 2.75) is 19.4 Å². The summed E-state index contributed by atoms with van der Waals surface area (Å²) in [6, 6.07) is 15.2. The Morgan fingerprint density at radius 2 is 1.84 bits per heavy atom. The Labute approximate surface area is 184 Å². The Hall–Kier alpha value is -3.39. The van der Waals surface area contributed by atoms with Gasteiger partial charge in [-0.3, -0.25) is 4.79 Å². The van der Waals surface area contributed by atoms with Crippen molar-refractivity contribution in [1.82, 2.24) is 19.9 Å². The quantitative estimate of drug-likeness (QED) is 0.661. The third kappa shape index (κ3) is 4.69. The highest BCUT2D eigenvalue weighted by Gasteiger charge is 2.35. The highest BCUT2D eigenvalue weighted by atomic mass is 35.5. The molecule has 2 heterocycles. The fraction of sp³-hybridized carbons (Fsp3) is 0.273. The summed E-state index contributed by atoms with van der Waals surface area (Å²) in [5.74, 6) is 0.632. The fourth-order valence-electron chi connectivity index (χ4n) is 3.58. The molecule has 1 aliphatic rings. The van der Waals surface area contributed by atoms with Gasteiger partial charge in [-0.25, -0.2) is 4.79 Å². The average molecular weight is 440 g/mol. The molecule has 0 saturated carbocycles. The zero-order valence-corrected chi connectivity index (χ0v) is 17.7. The molecule has 0 radical (unpaired) electrons. The predicted octanol–water partition coefficient (Wildman–Crippen LogP) is 4.15. The Morgan fingerprint density at radius 1 is 1.10 bits per heavy atom. The van der Waals surface area contributed by atoms with Crippen molar-refractivity contribution in [3.63, 3.8) is 0 Å². The van der Waals surface area contributed by atoms with E-state index < -0.39 is 6.04 Å². The van der Waals surface area contributed by atoms with E-state index in [0.717, 1.165) is 0 Å². The van der Waals surface area contributed by atoms with Crippen molar-refractivity contribution >= 4 is 29.2 Å². The first-order chi connectivity index (χ1) is 15.0. The van der Waals surface area contributed by atoms with Crippen LogP contribution in [0.4, 0.5) is 10.5 Å². The summed E-state index contributed by atoms with van der Waals surface area (Å²) in [6.07, 6.45) is 0.609. The maximum atomic E-state index is 13.3. The highest BCUT2D eigenvalue weighted by molar-refractivity contribution is 6.33. The fourth-order valence-corrected chi connectivity index (χ4v) is 3.76. The third-order valence-corrected chi connectivity index (χ3v) is 5.44. The summed E-state index contributed by atoms with van der Waals surface area (Å²) in [5.41, 5.74) is 1.10. The van der Waals surface area contributed by atoms with Crippen LogP contribution in [0.1, 0.15) is 34.5 Å². The van der Waals surface area contributed by atoms with Gasteiger partial charge in [-0.15, -0.1) is 0 Å². The van der Waals surface area contributed by atoms with Crippen molar-refractivity contribution < 1.29 is 14.1 Å². The minimum absolute atomic E-state index is 0.144. The number of halogens is 1. The van der Waals surface area contributed by atoms with Gasteiger partial charge in [0.05, 0.1) is 17.3 Å². The summed E-state index contributed by atoms with van der Waals surface area (Å²) in [7, 11) is 0. The Kier molecular flexibility index (Phi) is 6.18. The predicted molar refractivity (Wildman–Crippen MR) is 116 cm³/mol. The number of anilines is 1. The number of para-hydroxylation sites is 1. The molecule has 4 rings (SSSR count). The first kappa shape index (κ1) is 20.9. The van der Waals surface area contributed by atoms with Crippen LogP contribution in [0.2, 0.25) is 5.02 Å². The second-order valence-corrected chi connectivity index (χ2v) is 7.68. The second kappa shape index (κ2) is 9.18. The van der Waals surface area contributed by atoms with Crippen LogP contribution in [-0.2, 0) is 0 Å². The molecule has 1 N–H and O–H groups in total. The van der Waals surface area contributed by atoms with E-state index in [1.807, 2.05) is 18.2 Å². The molecule has 1 saturated heterocycles. The van der Waals surface area contributed by atoms with E-state index in [2.05, 4.69) is 15.5 Å². The molecule has 1 fully saturated rings. The normalized spacial score (nSPS) is 16.6. The van der Waals surface area contributed by atoms with E-state index in [1.54, 1.807) is 53.1 Å². The molecule has 160 valence electrons. The average Bonchev–Trinajstić information content (AvgIpc) is 3.09. The number of carbonyl (C=O) groups excluding carboxylic acids is 2. The van der Waals surface area contributed by atoms with E-state index in [4.69, 9.17) is 16.1 Å². The number of nitrogens with one attached hydrogen (secondary N) is 1. The molecule has 1 unspecified atom stereocenters. The summed E-state index contributed by atoms with van der Waals surface area (Å²) >= 11 is 6.18. The first-order valence-electron chi connectivity index (χ1n) is 9.99. The van der Waals surface area contributed by atoms with Gasteiger partial charge >= 0.3 is 6.03 Å². The number of rotatable bonds is 3. The van der Waals surface area contributed by atoms with Crippen LogP contribution in [0, 0.1) is 6.92 Å². The molecular formula is C22H22ClN5O3. The Bertz CT molecular complexity index is 1070. The topological polar surface area (TPSA) is 91.6 Å². The van der Waals surface area contributed by atoms with Gasteiger partial charge in [0.2, 0.25) is 0 Å². The number of hydrogen-bond donors (Lipinski definition) is 1. The van der Waals surface area contributed by atoms with Gasteiger partial charge in [-0.2, -0.15) is 4.98 Å². The zero-order chi connectivity index (χ0) is 21.8. The summed E-state index contributed by atoms with van der Waals surface area (Å²) in [6.45, 7) is 2.86. The number of aromatic nitrogens is 2. The molecular weight excluding hydrogens is 418 g/mol. The van der Waals surface area contributed by atoms with Gasteiger partial charge in [0, 0.05) is 18.7 Å². The van der Waals surface area contributed by atoms with Crippen molar-refractivity contribution in [1.29, 1.82) is 0 Å².